The molecule has 0 aliphatic carbocycles. The van der Waals surface area contributed by atoms with Crippen LogP contribution in [0.4, 0.5) is 8.78 Å². The molecule has 53 heavy (non-hydrogen) atoms. The maximum Gasteiger partial charge on any atom is 0.159 e. The lowest BCUT2D eigenvalue weighted by Crippen LogP contribution is -2.06. The molecule has 0 aliphatic heterocycles. The first-order chi connectivity index (χ1) is 26.0. The van der Waals surface area contributed by atoms with E-state index in [0.717, 1.165) is 77.7 Å². The number of benzene rings is 6. The van der Waals surface area contributed by atoms with Gasteiger partial charge in [-0.25, -0.2) is 28.7 Å². The van der Waals surface area contributed by atoms with Crippen molar-refractivity contribution >= 4 is 43.6 Å². The van der Waals surface area contributed by atoms with Crippen LogP contribution in [0, 0.1) is 18.6 Å². The van der Waals surface area contributed by atoms with Crippen LogP contribution in [0.15, 0.2) is 152 Å². The van der Waals surface area contributed by atoms with Crippen LogP contribution >= 0.6 is 0 Å². The van der Waals surface area contributed by atoms with Gasteiger partial charge in [0.1, 0.15) is 11.6 Å². The molecule has 0 fully saturated rings. The molecule has 0 bridgehead atoms. The summed E-state index contributed by atoms with van der Waals surface area (Å²) in [5.41, 5.74) is 9.61. The molecule has 0 amide bonds. The molecule has 0 saturated heterocycles. The van der Waals surface area contributed by atoms with Gasteiger partial charge in [-0.1, -0.05) is 42.5 Å². The van der Waals surface area contributed by atoms with E-state index in [2.05, 4.69) is 90.6 Å². The number of aromatic nitrogens is 6. The van der Waals surface area contributed by atoms with Crippen molar-refractivity contribution in [2.45, 2.75) is 6.92 Å². The highest BCUT2D eigenvalue weighted by atomic mass is 19.1. The average molecular weight is 691 g/mol. The zero-order chi connectivity index (χ0) is 35.6. The molecular formula is C45H28F2N6. The first kappa shape index (κ1) is 30.7. The second kappa shape index (κ2) is 12.0. The third kappa shape index (κ3) is 4.91. The summed E-state index contributed by atoms with van der Waals surface area (Å²) in [7, 11) is 0. The van der Waals surface area contributed by atoms with Crippen LogP contribution in [0.1, 0.15) is 5.56 Å². The van der Waals surface area contributed by atoms with Gasteiger partial charge in [-0.3, -0.25) is 0 Å². The minimum atomic E-state index is -0.636. The van der Waals surface area contributed by atoms with Gasteiger partial charge in [0.05, 0.1) is 33.4 Å². The van der Waals surface area contributed by atoms with Crippen molar-refractivity contribution < 1.29 is 8.78 Å². The van der Waals surface area contributed by atoms with E-state index in [0.29, 0.717) is 22.8 Å². The van der Waals surface area contributed by atoms with E-state index < -0.39 is 11.6 Å². The lowest BCUT2D eigenvalue weighted by atomic mass is 9.98. The molecule has 0 saturated carbocycles. The highest BCUT2D eigenvalue weighted by molar-refractivity contribution is 6.12. The number of nitrogens with zero attached hydrogens (tertiary/aromatic N) is 6. The topological polar surface area (TPSA) is 61.4 Å². The Morgan fingerprint density at radius 1 is 0.434 bits per heavy atom. The summed E-state index contributed by atoms with van der Waals surface area (Å²) in [5.74, 6) is 0.0180. The zero-order valence-electron chi connectivity index (χ0n) is 28.4. The lowest BCUT2D eigenvalue weighted by molar-refractivity contribution is 0.584. The molecular weight excluding hydrogens is 663 g/mol. The van der Waals surface area contributed by atoms with Gasteiger partial charge in [-0.15, -0.1) is 0 Å². The number of halogens is 2. The van der Waals surface area contributed by atoms with E-state index in [1.807, 2.05) is 48.5 Å². The molecule has 252 valence electrons. The maximum atomic E-state index is 14.9. The van der Waals surface area contributed by atoms with Crippen molar-refractivity contribution in [1.82, 2.24) is 29.1 Å². The second-order valence-electron chi connectivity index (χ2n) is 13.1. The summed E-state index contributed by atoms with van der Waals surface area (Å²) < 4.78 is 34.4. The first-order valence-corrected chi connectivity index (χ1v) is 17.3. The predicted molar refractivity (Wildman–Crippen MR) is 207 cm³/mol. The Labute approximate surface area is 302 Å². The molecule has 6 nitrogen and oxygen atoms in total. The van der Waals surface area contributed by atoms with E-state index >= 15 is 0 Å². The highest BCUT2D eigenvalue weighted by Gasteiger charge is 2.23. The molecule has 0 spiro atoms. The minimum Gasteiger partial charge on any atom is -0.309 e. The molecule has 6 aromatic carbocycles. The summed E-state index contributed by atoms with van der Waals surface area (Å²) in [6.07, 6.45) is 6.97. The van der Waals surface area contributed by atoms with Gasteiger partial charge in [0.2, 0.25) is 0 Å². The van der Waals surface area contributed by atoms with E-state index in [1.54, 1.807) is 30.9 Å². The molecule has 4 aromatic heterocycles. The normalized spacial score (nSPS) is 11.7. The molecule has 0 aliphatic rings. The molecule has 0 radical (unpaired) electrons. The smallest absolute Gasteiger partial charge is 0.159 e. The summed E-state index contributed by atoms with van der Waals surface area (Å²) in [6.45, 7) is 2.09. The van der Waals surface area contributed by atoms with Crippen LogP contribution in [-0.2, 0) is 0 Å². The van der Waals surface area contributed by atoms with Gasteiger partial charge in [0.15, 0.2) is 11.6 Å². The van der Waals surface area contributed by atoms with Gasteiger partial charge in [-0.05, 0) is 96.9 Å². The van der Waals surface area contributed by atoms with Crippen LogP contribution in [0.2, 0.25) is 0 Å². The third-order valence-corrected chi connectivity index (χ3v) is 10.0. The van der Waals surface area contributed by atoms with E-state index in [-0.39, 0.29) is 0 Å². The van der Waals surface area contributed by atoms with E-state index in [4.69, 9.17) is 0 Å². The van der Waals surface area contributed by atoms with Crippen LogP contribution in [-0.4, -0.2) is 29.1 Å². The van der Waals surface area contributed by atoms with Crippen molar-refractivity contribution in [3.63, 3.8) is 0 Å². The third-order valence-electron chi connectivity index (χ3n) is 10.0. The fourth-order valence-electron chi connectivity index (χ4n) is 7.78. The van der Waals surface area contributed by atoms with Crippen LogP contribution in [0.25, 0.3) is 88.9 Å². The quantitative estimate of drug-likeness (QED) is 0.180. The van der Waals surface area contributed by atoms with Crippen molar-refractivity contribution in [2.75, 3.05) is 0 Å². The van der Waals surface area contributed by atoms with Crippen LogP contribution in [0.5, 0.6) is 0 Å². The molecule has 0 atom stereocenters. The van der Waals surface area contributed by atoms with Gasteiger partial charge < -0.3 is 9.13 Å². The van der Waals surface area contributed by atoms with Crippen LogP contribution in [0.3, 0.4) is 0 Å². The fourth-order valence-corrected chi connectivity index (χ4v) is 7.78. The zero-order valence-corrected chi connectivity index (χ0v) is 28.4. The molecule has 0 unspecified atom stereocenters. The number of para-hydroxylation sites is 2. The van der Waals surface area contributed by atoms with Gasteiger partial charge in [0, 0.05) is 69.1 Å². The Morgan fingerprint density at radius 3 is 1.49 bits per heavy atom. The average Bonchev–Trinajstić information content (AvgIpc) is 3.70. The Morgan fingerprint density at radius 2 is 0.925 bits per heavy atom. The molecule has 10 rings (SSSR count). The van der Waals surface area contributed by atoms with E-state index in [1.165, 1.54) is 12.1 Å². The summed E-state index contributed by atoms with van der Waals surface area (Å²) in [4.78, 5) is 18.0. The lowest BCUT2D eigenvalue weighted by Gasteiger charge is -2.21. The van der Waals surface area contributed by atoms with Crippen molar-refractivity contribution in [1.29, 1.82) is 0 Å². The van der Waals surface area contributed by atoms with Crippen LogP contribution < -0.4 is 0 Å². The number of rotatable bonds is 5. The van der Waals surface area contributed by atoms with Gasteiger partial charge in [-0.2, -0.15) is 0 Å². The molecule has 10 aromatic rings. The SMILES string of the molecule is Cc1c(-n2c3ccccc3c3cc(-c4ncccn4)ccc32)ccc(-c2cc(F)cc(F)c2)c1-n1c2ccccc2c2cc(-c3ncccn3)ccc21. The monoisotopic (exact) mass is 690 g/mol. The van der Waals surface area contributed by atoms with Crippen molar-refractivity contribution in [2.24, 2.45) is 0 Å². The van der Waals surface area contributed by atoms with Crippen molar-refractivity contribution in [3.05, 3.63) is 169 Å². The second-order valence-corrected chi connectivity index (χ2v) is 13.1. The van der Waals surface area contributed by atoms with E-state index in [9.17, 15) is 8.78 Å². The Kier molecular flexibility index (Phi) is 6.97. The molecule has 8 heteroatoms. The largest absolute Gasteiger partial charge is 0.309 e. The number of fused-ring (bicyclic) bond motifs is 6. The molecule has 4 heterocycles. The number of hydrogen-bond donors (Lipinski definition) is 0. The fraction of sp³-hybridized carbons (Fsp3) is 0.0222. The van der Waals surface area contributed by atoms with Gasteiger partial charge >= 0.3 is 0 Å². The summed E-state index contributed by atoms with van der Waals surface area (Å²) in [5, 5.41) is 4.20. The standard InChI is InChI=1S/C45H28F2N6/c1-27-38(52-39-10-4-2-8-34(39)36-24-28(12-15-41(36)52)44-48-18-6-19-49-44)17-14-33(30-22-31(46)26-32(47)23-30)43(27)53-40-11-5-3-9-35(40)37-25-29(13-16-42(37)53)45-50-20-7-21-51-45/h2-26H,1H3. The number of hydrogen-bond acceptors (Lipinski definition) is 4. The summed E-state index contributed by atoms with van der Waals surface area (Å²) in [6, 6.07) is 40.4. The summed E-state index contributed by atoms with van der Waals surface area (Å²) >= 11 is 0. The predicted octanol–water partition coefficient (Wildman–Crippen LogP) is 11.0. The Hall–Kier alpha value is -7.06. The highest BCUT2D eigenvalue weighted by Crippen LogP contribution is 2.43. The van der Waals surface area contributed by atoms with Crippen molar-refractivity contribution in [3.8, 4) is 45.3 Å². The minimum absolute atomic E-state index is 0.446. The first-order valence-electron chi connectivity index (χ1n) is 17.3. The maximum absolute atomic E-state index is 14.9. The Balaban J connectivity index is 1.29. The van der Waals surface area contributed by atoms with Gasteiger partial charge in [0.25, 0.3) is 0 Å². The molecule has 0 N–H and O–H groups in total. The Bertz CT molecular complexity index is 3020.